The molecule has 0 aliphatic carbocycles. The predicted octanol–water partition coefficient (Wildman–Crippen LogP) is 3.63. The van der Waals surface area contributed by atoms with Gasteiger partial charge in [-0.1, -0.05) is 25.5 Å². The Bertz CT molecular complexity index is 995. The number of nitrogens with one attached hydrogen (secondary N) is 3. The molecule has 0 bridgehead atoms. The first-order valence-corrected chi connectivity index (χ1v) is 10.8. The first-order chi connectivity index (χ1) is 15.0. The maximum atomic E-state index is 13.0. The first kappa shape index (κ1) is 22.4. The highest BCUT2D eigenvalue weighted by molar-refractivity contribution is 7.09. The Morgan fingerprint density at radius 2 is 1.81 bits per heavy atom. The molecule has 0 saturated heterocycles. The molecule has 3 N–H and O–H groups in total. The van der Waals surface area contributed by atoms with E-state index < -0.39 is 12.1 Å². The molecule has 0 fully saturated rings. The van der Waals surface area contributed by atoms with Crippen LogP contribution in [0, 0.1) is 5.82 Å². The van der Waals surface area contributed by atoms with Crippen molar-refractivity contribution in [1.29, 1.82) is 0 Å². The Kier molecular flexibility index (Phi) is 8.05. The summed E-state index contributed by atoms with van der Waals surface area (Å²) >= 11 is 1.46. The second-order valence-corrected chi connectivity index (χ2v) is 7.82. The lowest BCUT2D eigenvalue weighted by molar-refractivity contribution is -0.123. The molecular formula is C22H24FN5O2S. The van der Waals surface area contributed by atoms with E-state index in [0.29, 0.717) is 6.42 Å². The number of benzene rings is 1. The number of urea groups is 1. The largest absolute Gasteiger partial charge is 0.348 e. The molecule has 2 heterocycles. The minimum absolute atomic E-state index is 0.240. The van der Waals surface area contributed by atoms with Gasteiger partial charge < -0.3 is 16.0 Å². The molecule has 31 heavy (non-hydrogen) atoms. The van der Waals surface area contributed by atoms with Gasteiger partial charge in [0.2, 0.25) is 5.91 Å². The van der Waals surface area contributed by atoms with Crippen molar-refractivity contribution < 1.29 is 14.0 Å². The number of aromatic nitrogens is 2. The summed E-state index contributed by atoms with van der Waals surface area (Å²) in [6, 6.07) is 8.51. The fourth-order valence-corrected chi connectivity index (χ4v) is 3.63. The van der Waals surface area contributed by atoms with E-state index in [1.807, 2.05) is 24.4 Å². The molecule has 0 saturated carbocycles. The van der Waals surface area contributed by atoms with E-state index in [2.05, 4.69) is 25.9 Å². The van der Waals surface area contributed by atoms with Crippen LogP contribution in [0.2, 0.25) is 0 Å². The zero-order valence-electron chi connectivity index (χ0n) is 17.1. The molecule has 1 atom stereocenters. The quantitative estimate of drug-likeness (QED) is 0.473. The topological polar surface area (TPSA) is 96.0 Å². The highest BCUT2D eigenvalue weighted by Gasteiger charge is 2.20. The van der Waals surface area contributed by atoms with E-state index in [1.165, 1.54) is 23.5 Å². The molecule has 7 nitrogen and oxygen atoms in total. The summed E-state index contributed by atoms with van der Waals surface area (Å²) in [7, 11) is 0. The van der Waals surface area contributed by atoms with Gasteiger partial charge in [-0.15, -0.1) is 11.3 Å². The zero-order chi connectivity index (χ0) is 22.1. The molecule has 0 radical (unpaired) electrons. The maximum absolute atomic E-state index is 13.0. The second-order valence-electron chi connectivity index (χ2n) is 6.87. The van der Waals surface area contributed by atoms with Crippen LogP contribution in [0.3, 0.4) is 0 Å². The molecule has 3 aromatic rings. The van der Waals surface area contributed by atoms with Crippen molar-refractivity contribution >= 4 is 23.3 Å². The third-order valence-electron chi connectivity index (χ3n) is 4.51. The predicted molar refractivity (Wildman–Crippen MR) is 118 cm³/mol. The number of carbonyl (C=O) groups excluding carboxylic acids is 2. The number of carbonyl (C=O) groups is 2. The molecule has 3 rings (SSSR count). The van der Waals surface area contributed by atoms with E-state index in [1.54, 1.807) is 24.5 Å². The van der Waals surface area contributed by atoms with Crippen LogP contribution >= 0.6 is 11.3 Å². The van der Waals surface area contributed by atoms with Gasteiger partial charge in [0.15, 0.2) is 0 Å². The summed E-state index contributed by atoms with van der Waals surface area (Å²) in [4.78, 5) is 33.4. The second kappa shape index (κ2) is 11.2. The number of pyridine rings is 1. The Balaban J connectivity index is 1.49. The smallest absolute Gasteiger partial charge is 0.315 e. The Morgan fingerprint density at radius 3 is 2.52 bits per heavy atom. The van der Waals surface area contributed by atoms with Crippen LogP contribution in [0.25, 0.3) is 11.3 Å². The van der Waals surface area contributed by atoms with Gasteiger partial charge in [-0.2, -0.15) is 0 Å². The fourth-order valence-electron chi connectivity index (χ4n) is 2.88. The van der Waals surface area contributed by atoms with Gasteiger partial charge in [0, 0.05) is 29.9 Å². The van der Waals surface area contributed by atoms with Gasteiger partial charge in [-0.25, -0.2) is 14.2 Å². The van der Waals surface area contributed by atoms with Crippen molar-refractivity contribution in [3.05, 3.63) is 70.6 Å². The number of hydrogen-bond donors (Lipinski definition) is 3. The fraction of sp³-hybridized carbons (Fsp3) is 0.273. The minimum Gasteiger partial charge on any atom is -0.348 e. The summed E-state index contributed by atoms with van der Waals surface area (Å²) in [5.74, 6) is -0.597. The highest BCUT2D eigenvalue weighted by Crippen LogP contribution is 2.20. The van der Waals surface area contributed by atoms with Gasteiger partial charge >= 0.3 is 6.03 Å². The van der Waals surface area contributed by atoms with Gasteiger partial charge in [0.05, 0.1) is 12.2 Å². The molecule has 162 valence electrons. The van der Waals surface area contributed by atoms with Crippen molar-refractivity contribution in [2.45, 2.75) is 38.9 Å². The van der Waals surface area contributed by atoms with E-state index in [9.17, 15) is 14.0 Å². The van der Waals surface area contributed by atoms with Crippen molar-refractivity contribution in [1.82, 2.24) is 25.9 Å². The lowest BCUT2D eigenvalue weighted by Gasteiger charge is -2.18. The normalized spacial score (nSPS) is 11.5. The minimum atomic E-state index is -0.655. The lowest BCUT2D eigenvalue weighted by Crippen LogP contribution is -2.49. The van der Waals surface area contributed by atoms with E-state index in [4.69, 9.17) is 0 Å². The van der Waals surface area contributed by atoms with Crippen LogP contribution in [-0.2, 0) is 17.9 Å². The summed E-state index contributed by atoms with van der Waals surface area (Å²) in [5.41, 5.74) is 2.56. The highest BCUT2D eigenvalue weighted by atomic mass is 32.1. The number of hydrogen-bond acceptors (Lipinski definition) is 5. The van der Waals surface area contributed by atoms with E-state index >= 15 is 0 Å². The van der Waals surface area contributed by atoms with Crippen molar-refractivity contribution in [3.63, 3.8) is 0 Å². The molecule has 1 unspecified atom stereocenters. The third kappa shape index (κ3) is 6.85. The molecule has 3 amide bonds. The standard InChI is InChI=1S/C22H24FN5O2S/c1-2-3-18(28-22(30)26-12-15-4-6-17(23)7-5-15)21(29)25-13-20-27-19(14-31-20)16-8-10-24-11-9-16/h4-11,14,18H,2-3,12-13H2,1H3,(H,25,29)(H2,26,28,30). The number of thiazole rings is 1. The van der Waals surface area contributed by atoms with E-state index in [0.717, 1.165) is 28.2 Å². The van der Waals surface area contributed by atoms with Gasteiger partial charge in [0.1, 0.15) is 16.9 Å². The van der Waals surface area contributed by atoms with Crippen molar-refractivity contribution in [2.75, 3.05) is 0 Å². The first-order valence-electron chi connectivity index (χ1n) is 9.96. The summed E-state index contributed by atoms with van der Waals surface area (Å²) in [6.45, 7) is 2.47. The summed E-state index contributed by atoms with van der Waals surface area (Å²) in [5, 5.41) is 10.9. The summed E-state index contributed by atoms with van der Waals surface area (Å²) in [6.07, 6.45) is 4.66. The van der Waals surface area contributed by atoms with Gasteiger partial charge in [-0.05, 0) is 36.2 Å². The zero-order valence-corrected chi connectivity index (χ0v) is 17.9. The number of rotatable bonds is 9. The SMILES string of the molecule is CCCC(NC(=O)NCc1ccc(F)cc1)C(=O)NCc1nc(-c2ccncc2)cs1. The van der Waals surface area contributed by atoms with Crippen LogP contribution in [-0.4, -0.2) is 27.9 Å². The average Bonchev–Trinajstić information content (AvgIpc) is 3.26. The molecule has 1 aromatic carbocycles. The Labute approximate surface area is 184 Å². The number of halogens is 1. The third-order valence-corrected chi connectivity index (χ3v) is 5.36. The Morgan fingerprint density at radius 1 is 1.06 bits per heavy atom. The molecule has 0 aliphatic heterocycles. The van der Waals surface area contributed by atoms with Crippen LogP contribution in [0.5, 0.6) is 0 Å². The van der Waals surface area contributed by atoms with Crippen LogP contribution < -0.4 is 16.0 Å². The Hall–Kier alpha value is -3.33. The maximum Gasteiger partial charge on any atom is 0.315 e. The monoisotopic (exact) mass is 441 g/mol. The van der Waals surface area contributed by atoms with Crippen molar-refractivity contribution in [3.8, 4) is 11.3 Å². The molecule has 9 heteroatoms. The average molecular weight is 442 g/mol. The van der Waals surface area contributed by atoms with Crippen LogP contribution in [0.1, 0.15) is 30.3 Å². The number of amides is 3. The molecule has 2 aromatic heterocycles. The summed E-state index contributed by atoms with van der Waals surface area (Å²) < 4.78 is 13.0. The molecule has 0 aliphatic rings. The molecular weight excluding hydrogens is 417 g/mol. The van der Waals surface area contributed by atoms with Crippen LogP contribution in [0.15, 0.2) is 54.2 Å². The van der Waals surface area contributed by atoms with E-state index in [-0.39, 0.29) is 24.8 Å². The lowest BCUT2D eigenvalue weighted by atomic mass is 10.1. The van der Waals surface area contributed by atoms with Crippen molar-refractivity contribution in [2.24, 2.45) is 0 Å². The number of nitrogens with zero attached hydrogens (tertiary/aromatic N) is 2. The molecule has 0 spiro atoms. The van der Waals surface area contributed by atoms with Gasteiger partial charge in [0.25, 0.3) is 0 Å². The van der Waals surface area contributed by atoms with Gasteiger partial charge in [-0.3, -0.25) is 9.78 Å². The van der Waals surface area contributed by atoms with Crippen LogP contribution in [0.4, 0.5) is 9.18 Å².